The largest absolute Gasteiger partial charge is 0.123 e. The van der Waals surface area contributed by atoms with Crippen LogP contribution in [0.2, 0.25) is 0 Å². The topological polar surface area (TPSA) is 0 Å². The van der Waals surface area contributed by atoms with Gasteiger partial charge in [0.15, 0.2) is 0 Å². The summed E-state index contributed by atoms with van der Waals surface area (Å²) in [4.78, 5) is -0.0542. The van der Waals surface area contributed by atoms with E-state index in [1.807, 2.05) is 0 Å². The lowest BCUT2D eigenvalue weighted by Crippen LogP contribution is -2.10. The van der Waals surface area contributed by atoms with E-state index in [4.69, 9.17) is 23.2 Å². The van der Waals surface area contributed by atoms with E-state index in [0.29, 0.717) is 5.38 Å². The zero-order valence-corrected chi connectivity index (χ0v) is 10.6. The Morgan fingerprint density at radius 3 is 2.15 bits per heavy atom. The molecule has 0 aliphatic carbocycles. The van der Waals surface area contributed by atoms with Crippen molar-refractivity contribution in [3.05, 3.63) is 0 Å². The van der Waals surface area contributed by atoms with Crippen LogP contribution in [0.25, 0.3) is 0 Å². The third-order valence-corrected chi connectivity index (χ3v) is 2.78. The van der Waals surface area contributed by atoms with Crippen LogP contribution in [0.3, 0.4) is 0 Å². The van der Waals surface area contributed by atoms with E-state index in [9.17, 15) is 0 Å². The highest BCUT2D eigenvalue weighted by atomic mass is 35.5. The van der Waals surface area contributed by atoms with Crippen LogP contribution in [-0.4, -0.2) is 10.3 Å². The van der Waals surface area contributed by atoms with E-state index in [1.165, 1.54) is 12.8 Å². The Bertz CT molecular complexity index is 116. The van der Waals surface area contributed by atoms with E-state index in [2.05, 4.69) is 20.8 Å². The fourth-order valence-corrected chi connectivity index (χ4v) is 1.76. The first-order valence-electron chi connectivity index (χ1n) is 5.28. The smallest absolute Gasteiger partial charge is 0.0390 e. The van der Waals surface area contributed by atoms with Crippen LogP contribution in [-0.2, 0) is 0 Å². The SMILES string of the molecule is CCCCC(Cl)CCCC(C)(C)Cl. The van der Waals surface area contributed by atoms with E-state index in [-0.39, 0.29) is 4.87 Å². The van der Waals surface area contributed by atoms with Crippen molar-refractivity contribution >= 4 is 23.2 Å². The molecule has 0 aromatic rings. The maximum absolute atomic E-state index is 6.15. The summed E-state index contributed by atoms with van der Waals surface area (Å²) in [6, 6.07) is 0. The fourth-order valence-electron chi connectivity index (χ4n) is 1.31. The molecule has 13 heavy (non-hydrogen) atoms. The Labute approximate surface area is 93.0 Å². The van der Waals surface area contributed by atoms with Gasteiger partial charge in [-0.15, -0.1) is 23.2 Å². The van der Waals surface area contributed by atoms with Gasteiger partial charge in [-0.2, -0.15) is 0 Å². The second kappa shape index (κ2) is 6.95. The van der Waals surface area contributed by atoms with E-state index < -0.39 is 0 Å². The highest BCUT2D eigenvalue weighted by molar-refractivity contribution is 6.23. The van der Waals surface area contributed by atoms with E-state index in [1.54, 1.807) is 0 Å². The van der Waals surface area contributed by atoms with Crippen LogP contribution >= 0.6 is 23.2 Å². The molecular formula is C11H22Cl2. The highest BCUT2D eigenvalue weighted by Crippen LogP contribution is 2.23. The number of halogens is 2. The van der Waals surface area contributed by atoms with Crippen molar-refractivity contribution in [2.24, 2.45) is 0 Å². The lowest BCUT2D eigenvalue weighted by atomic mass is 10.0. The van der Waals surface area contributed by atoms with Crippen LogP contribution in [0.1, 0.15) is 59.3 Å². The average molecular weight is 225 g/mol. The summed E-state index contributed by atoms with van der Waals surface area (Å²) in [5.74, 6) is 0. The highest BCUT2D eigenvalue weighted by Gasteiger charge is 2.13. The zero-order chi connectivity index (χ0) is 10.3. The first kappa shape index (κ1) is 13.6. The van der Waals surface area contributed by atoms with Crippen molar-refractivity contribution in [2.75, 3.05) is 0 Å². The standard InChI is InChI=1S/C11H22Cl2/c1-4-5-7-10(12)8-6-9-11(2,3)13/h10H,4-9H2,1-3H3. The second-order valence-corrected chi connectivity index (χ2v) is 5.99. The molecule has 0 nitrogen and oxygen atoms in total. The van der Waals surface area contributed by atoms with Crippen LogP contribution in [0.15, 0.2) is 0 Å². The van der Waals surface area contributed by atoms with Crippen molar-refractivity contribution in [1.29, 1.82) is 0 Å². The maximum Gasteiger partial charge on any atom is 0.0390 e. The van der Waals surface area contributed by atoms with Gasteiger partial charge >= 0.3 is 0 Å². The lowest BCUT2D eigenvalue weighted by molar-refractivity contribution is 0.540. The van der Waals surface area contributed by atoms with Gasteiger partial charge in [0.05, 0.1) is 0 Å². The first-order chi connectivity index (χ1) is 5.95. The molecule has 0 bridgehead atoms. The maximum atomic E-state index is 6.15. The van der Waals surface area contributed by atoms with Gasteiger partial charge in [-0.1, -0.05) is 26.2 Å². The molecule has 80 valence electrons. The predicted octanol–water partition coefficient (Wildman–Crippen LogP) is 4.97. The number of unbranched alkanes of at least 4 members (excludes halogenated alkanes) is 1. The van der Waals surface area contributed by atoms with Gasteiger partial charge in [-0.25, -0.2) is 0 Å². The molecule has 0 fully saturated rings. The molecule has 0 rings (SSSR count). The zero-order valence-electron chi connectivity index (χ0n) is 9.08. The summed E-state index contributed by atoms with van der Waals surface area (Å²) < 4.78 is 0. The summed E-state index contributed by atoms with van der Waals surface area (Å²) in [5.41, 5.74) is 0. The third kappa shape index (κ3) is 10.5. The minimum atomic E-state index is -0.0542. The van der Waals surface area contributed by atoms with Gasteiger partial charge < -0.3 is 0 Å². The minimum Gasteiger partial charge on any atom is -0.123 e. The summed E-state index contributed by atoms with van der Waals surface area (Å²) >= 11 is 12.2. The molecule has 0 heterocycles. The number of alkyl halides is 2. The molecule has 0 aromatic carbocycles. The van der Waals surface area contributed by atoms with Crippen LogP contribution in [0.5, 0.6) is 0 Å². The van der Waals surface area contributed by atoms with Crippen LogP contribution in [0.4, 0.5) is 0 Å². The summed E-state index contributed by atoms with van der Waals surface area (Å²) in [7, 11) is 0. The monoisotopic (exact) mass is 224 g/mol. The van der Waals surface area contributed by atoms with Gasteiger partial charge in [-0.3, -0.25) is 0 Å². The molecule has 0 amide bonds. The van der Waals surface area contributed by atoms with Crippen LogP contribution in [0, 0.1) is 0 Å². The lowest BCUT2D eigenvalue weighted by Gasteiger charge is -2.16. The quantitative estimate of drug-likeness (QED) is 0.536. The molecule has 0 aliphatic rings. The van der Waals surface area contributed by atoms with Gasteiger partial charge in [0, 0.05) is 10.3 Å². The summed E-state index contributed by atoms with van der Waals surface area (Å²) in [5, 5.41) is 0.360. The van der Waals surface area contributed by atoms with Crippen molar-refractivity contribution < 1.29 is 0 Å². The van der Waals surface area contributed by atoms with Crippen molar-refractivity contribution in [1.82, 2.24) is 0 Å². The van der Waals surface area contributed by atoms with Gasteiger partial charge in [0.1, 0.15) is 0 Å². The summed E-state index contributed by atoms with van der Waals surface area (Å²) in [6.07, 6.45) is 6.96. The molecule has 0 aliphatic heterocycles. The Morgan fingerprint density at radius 2 is 1.69 bits per heavy atom. The van der Waals surface area contributed by atoms with Crippen molar-refractivity contribution in [3.63, 3.8) is 0 Å². The molecule has 0 aromatic heterocycles. The van der Waals surface area contributed by atoms with Gasteiger partial charge in [-0.05, 0) is 33.1 Å². The molecule has 0 N–H and O–H groups in total. The Hall–Kier alpha value is 0.580. The Kier molecular flexibility index (Phi) is 7.26. The Balaban J connectivity index is 3.31. The van der Waals surface area contributed by atoms with Gasteiger partial charge in [0.25, 0.3) is 0 Å². The number of hydrogen-bond donors (Lipinski definition) is 0. The molecule has 1 atom stereocenters. The Morgan fingerprint density at radius 1 is 1.15 bits per heavy atom. The first-order valence-corrected chi connectivity index (χ1v) is 6.10. The fraction of sp³-hybridized carbons (Fsp3) is 1.00. The molecule has 0 spiro atoms. The molecule has 0 saturated carbocycles. The molecule has 0 radical (unpaired) electrons. The molecule has 2 heteroatoms. The minimum absolute atomic E-state index is 0.0542. The predicted molar refractivity (Wildman–Crippen MR) is 62.9 cm³/mol. The van der Waals surface area contributed by atoms with E-state index in [0.717, 1.165) is 25.7 Å². The van der Waals surface area contributed by atoms with Crippen LogP contribution < -0.4 is 0 Å². The summed E-state index contributed by atoms with van der Waals surface area (Å²) in [6.45, 7) is 6.32. The second-order valence-electron chi connectivity index (χ2n) is 4.35. The average Bonchev–Trinajstić information content (AvgIpc) is 1.98. The van der Waals surface area contributed by atoms with Crippen molar-refractivity contribution in [2.45, 2.75) is 69.5 Å². The molecule has 1 unspecified atom stereocenters. The third-order valence-electron chi connectivity index (χ3n) is 2.16. The molecular weight excluding hydrogens is 203 g/mol. The van der Waals surface area contributed by atoms with Gasteiger partial charge in [0.2, 0.25) is 0 Å². The van der Waals surface area contributed by atoms with E-state index >= 15 is 0 Å². The number of rotatable bonds is 7. The van der Waals surface area contributed by atoms with Crippen molar-refractivity contribution in [3.8, 4) is 0 Å². The molecule has 0 saturated heterocycles. The normalized spacial score (nSPS) is 14.5. The number of hydrogen-bond acceptors (Lipinski definition) is 0.